The monoisotopic (exact) mass is 338 g/mol. The van der Waals surface area contributed by atoms with Gasteiger partial charge in [-0.15, -0.1) is 11.3 Å². The molecule has 2 aliphatic heterocycles. The van der Waals surface area contributed by atoms with Crippen LogP contribution in [-0.2, 0) is 20.9 Å². The zero-order valence-corrected chi connectivity index (χ0v) is 14.9. The molecule has 1 aromatic heterocycles. The number of nitrogens with zero attached hydrogens (tertiary/aromatic N) is 2. The van der Waals surface area contributed by atoms with Crippen molar-refractivity contribution in [1.29, 1.82) is 0 Å². The van der Waals surface area contributed by atoms with Crippen molar-refractivity contribution in [2.75, 3.05) is 19.7 Å². The molecule has 6 heteroatoms. The van der Waals surface area contributed by atoms with Crippen LogP contribution in [0.3, 0.4) is 0 Å². The molecule has 128 valence electrons. The van der Waals surface area contributed by atoms with E-state index in [0.29, 0.717) is 13.0 Å². The molecule has 0 N–H and O–H groups in total. The van der Waals surface area contributed by atoms with E-state index < -0.39 is 0 Å². The lowest BCUT2D eigenvalue weighted by atomic mass is 9.84. The number of carbonyl (C=O) groups is 1. The van der Waals surface area contributed by atoms with Crippen LogP contribution in [0.15, 0.2) is 5.38 Å². The van der Waals surface area contributed by atoms with Gasteiger partial charge in [-0.1, -0.05) is 13.3 Å². The Morgan fingerprint density at radius 1 is 1.57 bits per heavy atom. The SMILES string of the molecule is CCCCC(=O)N1CC2(CC(OCc3csc(C)n3)CCO2)C1. The number of thiazole rings is 1. The smallest absolute Gasteiger partial charge is 0.222 e. The van der Waals surface area contributed by atoms with Crippen molar-refractivity contribution in [1.82, 2.24) is 9.88 Å². The third kappa shape index (κ3) is 4.11. The zero-order valence-electron chi connectivity index (χ0n) is 14.0. The highest BCUT2D eigenvalue weighted by Crippen LogP contribution is 2.36. The van der Waals surface area contributed by atoms with Crippen LogP contribution >= 0.6 is 11.3 Å². The van der Waals surface area contributed by atoms with Crippen LogP contribution in [0.5, 0.6) is 0 Å². The maximum absolute atomic E-state index is 12.0. The lowest BCUT2D eigenvalue weighted by molar-refractivity contribution is -0.202. The van der Waals surface area contributed by atoms with E-state index in [2.05, 4.69) is 17.3 Å². The second-order valence-corrected chi connectivity index (χ2v) is 7.73. The van der Waals surface area contributed by atoms with Gasteiger partial charge in [0, 0.05) is 24.8 Å². The second kappa shape index (κ2) is 7.28. The topological polar surface area (TPSA) is 51.7 Å². The Labute approximate surface area is 142 Å². The van der Waals surface area contributed by atoms with Crippen molar-refractivity contribution >= 4 is 17.2 Å². The largest absolute Gasteiger partial charge is 0.372 e. The summed E-state index contributed by atoms with van der Waals surface area (Å²) in [6, 6.07) is 0. The number of aryl methyl sites for hydroxylation is 1. The summed E-state index contributed by atoms with van der Waals surface area (Å²) >= 11 is 1.66. The quantitative estimate of drug-likeness (QED) is 0.800. The molecule has 0 saturated carbocycles. The van der Waals surface area contributed by atoms with Gasteiger partial charge in [0.1, 0.15) is 5.60 Å². The number of hydrogen-bond acceptors (Lipinski definition) is 5. The van der Waals surface area contributed by atoms with Gasteiger partial charge in [-0.2, -0.15) is 0 Å². The third-order valence-corrected chi connectivity index (χ3v) is 5.46. The predicted molar refractivity (Wildman–Crippen MR) is 89.5 cm³/mol. The van der Waals surface area contributed by atoms with Gasteiger partial charge >= 0.3 is 0 Å². The van der Waals surface area contributed by atoms with Gasteiger partial charge in [0.2, 0.25) is 5.91 Å². The van der Waals surface area contributed by atoms with E-state index >= 15 is 0 Å². The van der Waals surface area contributed by atoms with Crippen LogP contribution < -0.4 is 0 Å². The van der Waals surface area contributed by atoms with Crippen molar-refractivity contribution in [3.8, 4) is 0 Å². The standard InChI is InChI=1S/C17H26N2O3S/c1-3-4-5-16(20)19-11-17(12-19)8-15(6-7-22-17)21-9-14-10-23-13(2)18-14/h10,15H,3-9,11-12H2,1-2H3. The molecule has 23 heavy (non-hydrogen) atoms. The molecule has 0 aliphatic carbocycles. The average Bonchev–Trinajstić information content (AvgIpc) is 2.94. The van der Waals surface area contributed by atoms with Crippen LogP contribution in [0.2, 0.25) is 0 Å². The number of hydrogen-bond donors (Lipinski definition) is 0. The summed E-state index contributed by atoms with van der Waals surface area (Å²) in [5.41, 5.74) is 0.848. The summed E-state index contributed by atoms with van der Waals surface area (Å²) in [7, 11) is 0. The fourth-order valence-electron chi connectivity index (χ4n) is 3.34. The van der Waals surface area contributed by atoms with Gasteiger partial charge in [-0.3, -0.25) is 4.79 Å². The van der Waals surface area contributed by atoms with E-state index in [1.807, 2.05) is 11.8 Å². The number of likely N-dealkylation sites (tertiary alicyclic amines) is 1. The summed E-state index contributed by atoms with van der Waals surface area (Å²) in [5.74, 6) is 0.266. The van der Waals surface area contributed by atoms with E-state index in [1.165, 1.54) is 0 Å². The fraction of sp³-hybridized carbons (Fsp3) is 0.765. The number of unbranched alkanes of at least 4 members (excludes halogenated alkanes) is 1. The highest BCUT2D eigenvalue weighted by molar-refractivity contribution is 7.09. The molecule has 1 aromatic rings. The first-order valence-corrected chi connectivity index (χ1v) is 9.42. The van der Waals surface area contributed by atoms with Crippen LogP contribution in [0, 0.1) is 6.92 Å². The normalized spacial score (nSPS) is 23.0. The van der Waals surface area contributed by atoms with E-state index in [4.69, 9.17) is 9.47 Å². The van der Waals surface area contributed by atoms with Gasteiger partial charge in [0.25, 0.3) is 0 Å². The molecule has 0 radical (unpaired) electrons. The molecule has 0 aromatic carbocycles. The minimum atomic E-state index is -0.164. The lowest BCUT2D eigenvalue weighted by Crippen LogP contribution is -2.67. The number of rotatable bonds is 6. The molecule has 1 unspecified atom stereocenters. The van der Waals surface area contributed by atoms with Gasteiger partial charge in [0.05, 0.1) is 36.5 Å². The molecular formula is C17H26N2O3S. The van der Waals surface area contributed by atoms with Crippen molar-refractivity contribution in [2.45, 2.75) is 64.3 Å². The van der Waals surface area contributed by atoms with Crippen molar-refractivity contribution in [3.63, 3.8) is 0 Å². The predicted octanol–water partition coefficient (Wildman–Crippen LogP) is 2.92. The molecule has 3 heterocycles. The number of amides is 1. The van der Waals surface area contributed by atoms with Crippen molar-refractivity contribution < 1.29 is 14.3 Å². The minimum Gasteiger partial charge on any atom is -0.372 e. The van der Waals surface area contributed by atoms with E-state index in [1.54, 1.807) is 11.3 Å². The van der Waals surface area contributed by atoms with Gasteiger partial charge in [-0.05, 0) is 19.8 Å². The van der Waals surface area contributed by atoms with Crippen LogP contribution in [0.4, 0.5) is 0 Å². The summed E-state index contributed by atoms with van der Waals surface area (Å²) in [4.78, 5) is 18.4. The van der Waals surface area contributed by atoms with Gasteiger partial charge in [-0.25, -0.2) is 4.98 Å². The summed E-state index contributed by atoms with van der Waals surface area (Å²) < 4.78 is 12.0. The molecule has 0 bridgehead atoms. The molecule has 1 amide bonds. The number of carbonyl (C=O) groups excluding carboxylic acids is 1. The Kier molecular flexibility index (Phi) is 5.34. The molecule has 3 rings (SSSR count). The van der Waals surface area contributed by atoms with Crippen molar-refractivity contribution in [2.24, 2.45) is 0 Å². The summed E-state index contributed by atoms with van der Waals surface area (Å²) in [5, 5.41) is 3.13. The Bertz CT molecular complexity index is 540. The Hall–Kier alpha value is -0.980. The van der Waals surface area contributed by atoms with Gasteiger partial charge < -0.3 is 14.4 Å². The molecule has 1 spiro atoms. The first kappa shape index (κ1) is 16.9. The highest BCUT2D eigenvalue weighted by Gasteiger charge is 2.49. The average molecular weight is 338 g/mol. The van der Waals surface area contributed by atoms with E-state index in [9.17, 15) is 4.79 Å². The molecule has 2 saturated heterocycles. The minimum absolute atomic E-state index is 0.164. The molecule has 2 aliphatic rings. The maximum atomic E-state index is 12.0. The maximum Gasteiger partial charge on any atom is 0.222 e. The summed E-state index contributed by atoms with van der Waals surface area (Å²) in [6.07, 6.45) is 4.71. The van der Waals surface area contributed by atoms with Crippen molar-refractivity contribution in [3.05, 3.63) is 16.1 Å². The Balaban J connectivity index is 1.45. The van der Waals surface area contributed by atoms with Crippen LogP contribution in [-0.4, -0.2) is 47.2 Å². The first-order valence-electron chi connectivity index (χ1n) is 8.54. The zero-order chi connectivity index (χ0) is 16.3. The van der Waals surface area contributed by atoms with E-state index in [-0.39, 0.29) is 17.6 Å². The highest BCUT2D eigenvalue weighted by atomic mass is 32.1. The molecule has 2 fully saturated rings. The summed E-state index contributed by atoms with van der Waals surface area (Å²) in [6.45, 7) is 6.87. The Morgan fingerprint density at radius 2 is 2.39 bits per heavy atom. The first-order chi connectivity index (χ1) is 11.1. The Morgan fingerprint density at radius 3 is 3.09 bits per heavy atom. The third-order valence-electron chi connectivity index (χ3n) is 4.64. The molecular weight excluding hydrogens is 312 g/mol. The lowest BCUT2D eigenvalue weighted by Gasteiger charge is -2.53. The van der Waals surface area contributed by atoms with Crippen LogP contribution in [0.25, 0.3) is 0 Å². The van der Waals surface area contributed by atoms with Gasteiger partial charge in [0.15, 0.2) is 0 Å². The molecule has 5 nitrogen and oxygen atoms in total. The number of aromatic nitrogens is 1. The van der Waals surface area contributed by atoms with E-state index in [0.717, 1.165) is 56.1 Å². The number of ether oxygens (including phenoxy) is 2. The second-order valence-electron chi connectivity index (χ2n) is 6.67. The van der Waals surface area contributed by atoms with Crippen LogP contribution in [0.1, 0.15) is 49.7 Å². The fourth-order valence-corrected chi connectivity index (χ4v) is 3.93. The molecule has 1 atom stereocenters.